The number of nitrogens with two attached hydrogens (primary N) is 1. The Hall–Kier alpha value is -1.11. The zero-order valence-electron chi connectivity index (χ0n) is 6.60. The van der Waals surface area contributed by atoms with Crippen molar-refractivity contribution < 1.29 is 13.2 Å². The summed E-state index contributed by atoms with van der Waals surface area (Å²) in [6.07, 6.45) is -4.52. The summed E-state index contributed by atoms with van der Waals surface area (Å²) in [6.45, 7) is 0. The standard InChI is InChI=1S/C7H4BrF3N2O/c8-4-1-3(7(9,10)11)2-5(13-14)6(4)12/h1-2H,12H2. The first-order valence-corrected chi connectivity index (χ1v) is 4.15. The van der Waals surface area contributed by atoms with Gasteiger partial charge in [0.1, 0.15) is 5.69 Å². The minimum Gasteiger partial charge on any atom is -0.396 e. The molecule has 3 nitrogen and oxygen atoms in total. The van der Waals surface area contributed by atoms with Gasteiger partial charge in [0, 0.05) is 4.47 Å². The molecule has 0 bridgehead atoms. The second-order valence-electron chi connectivity index (χ2n) is 2.48. The van der Waals surface area contributed by atoms with Crippen LogP contribution >= 0.6 is 15.9 Å². The van der Waals surface area contributed by atoms with Crippen molar-refractivity contribution in [2.75, 3.05) is 5.73 Å². The van der Waals surface area contributed by atoms with E-state index in [-0.39, 0.29) is 10.2 Å². The maximum Gasteiger partial charge on any atom is 0.416 e. The molecule has 0 atom stereocenters. The Kier molecular flexibility index (Phi) is 2.79. The van der Waals surface area contributed by atoms with Gasteiger partial charge in [-0.3, -0.25) is 0 Å². The molecule has 0 aliphatic carbocycles. The van der Waals surface area contributed by atoms with E-state index in [1.165, 1.54) is 0 Å². The Morgan fingerprint density at radius 1 is 1.36 bits per heavy atom. The number of rotatable bonds is 1. The molecule has 0 aromatic heterocycles. The number of benzene rings is 1. The molecule has 2 N–H and O–H groups in total. The van der Waals surface area contributed by atoms with Crippen LogP contribution < -0.4 is 5.73 Å². The van der Waals surface area contributed by atoms with Gasteiger partial charge in [0.05, 0.1) is 11.3 Å². The minimum atomic E-state index is -4.52. The summed E-state index contributed by atoms with van der Waals surface area (Å²) in [5.41, 5.74) is 3.80. The van der Waals surface area contributed by atoms with Crippen LogP contribution in [0.3, 0.4) is 0 Å². The predicted octanol–water partition coefficient (Wildman–Crippen LogP) is 3.45. The molecule has 0 aliphatic rings. The molecule has 0 unspecified atom stereocenters. The van der Waals surface area contributed by atoms with Crippen molar-refractivity contribution in [3.63, 3.8) is 0 Å². The molecule has 76 valence electrons. The molecule has 1 rings (SSSR count). The fourth-order valence-electron chi connectivity index (χ4n) is 0.843. The summed E-state index contributed by atoms with van der Waals surface area (Å²) in [5, 5.41) is 2.40. The van der Waals surface area contributed by atoms with Crippen LogP contribution in [0.5, 0.6) is 0 Å². The number of nitroso groups, excluding NO2 is 1. The van der Waals surface area contributed by atoms with Crippen LogP contribution in [0.2, 0.25) is 0 Å². The van der Waals surface area contributed by atoms with Crippen LogP contribution in [0.4, 0.5) is 24.5 Å². The second kappa shape index (κ2) is 3.56. The molecule has 0 saturated carbocycles. The third-order valence-electron chi connectivity index (χ3n) is 1.53. The normalized spacial score (nSPS) is 11.4. The minimum absolute atomic E-state index is 0.00178. The molecular formula is C7H4BrF3N2O. The lowest BCUT2D eigenvalue weighted by atomic mass is 10.1. The van der Waals surface area contributed by atoms with Crippen LogP contribution in [-0.4, -0.2) is 0 Å². The monoisotopic (exact) mass is 268 g/mol. The molecule has 0 spiro atoms. The third kappa shape index (κ3) is 2.03. The van der Waals surface area contributed by atoms with Crippen LogP contribution in [0.25, 0.3) is 0 Å². The van der Waals surface area contributed by atoms with E-state index in [0.29, 0.717) is 6.07 Å². The van der Waals surface area contributed by atoms with E-state index >= 15 is 0 Å². The van der Waals surface area contributed by atoms with Crippen molar-refractivity contribution in [2.24, 2.45) is 5.18 Å². The van der Waals surface area contributed by atoms with E-state index in [1.807, 2.05) is 0 Å². The van der Waals surface area contributed by atoms with Crippen molar-refractivity contribution in [1.82, 2.24) is 0 Å². The van der Waals surface area contributed by atoms with Gasteiger partial charge in [-0.05, 0) is 33.2 Å². The number of alkyl halides is 3. The lowest BCUT2D eigenvalue weighted by Gasteiger charge is -2.09. The van der Waals surface area contributed by atoms with Crippen LogP contribution in [-0.2, 0) is 6.18 Å². The molecule has 0 fully saturated rings. The molecular weight excluding hydrogens is 265 g/mol. The van der Waals surface area contributed by atoms with Crippen molar-refractivity contribution in [3.05, 3.63) is 27.1 Å². The number of nitrogen functional groups attached to an aromatic ring is 1. The van der Waals surface area contributed by atoms with E-state index in [4.69, 9.17) is 5.73 Å². The van der Waals surface area contributed by atoms with Gasteiger partial charge in [-0.1, -0.05) is 0 Å². The Morgan fingerprint density at radius 2 is 1.93 bits per heavy atom. The molecule has 1 aromatic rings. The number of halogens is 4. The van der Waals surface area contributed by atoms with Crippen molar-refractivity contribution in [2.45, 2.75) is 6.18 Å². The Morgan fingerprint density at radius 3 is 2.36 bits per heavy atom. The Balaban J connectivity index is 3.37. The Bertz CT molecular complexity index is 378. The van der Waals surface area contributed by atoms with Gasteiger partial charge in [0.15, 0.2) is 0 Å². The SMILES string of the molecule is Nc1c(Br)cc(C(F)(F)F)cc1N=O. The molecule has 0 heterocycles. The smallest absolute Gasteiger partial charge is 0.396 e. The maximum absolute atomic E-state index is 12.2. The lowest BCUT2D eigenvalue weighted by molar-refractivity contribution is -0.137. The first-order chi connectivity index (χ1) is 6.36. The number of hydrogen-bond acceptors (Lipinski definition) is 3. The third-order valence-corrected chi connectivity index (χ3v) is 2.19. The summed E-state index contributed by atoms with van der Waals surface area (Å²) in [7, 11) is 0. The first kappa shape index (κ1) is 11.0. The molecule has 7 heteroatoms. The summed E-state index contributed by atoms with van der Waals surface area (Å²) in [6, 6.07) is 1.40. The summed E-state index contributed by atoms with van der Waals surface area (Å²) in [4.78, 5) is 10.1. The highest BCUT2D eigenvalue weighted by Gasteiger charge is 2.32. The second-order valence-corrected chi connectivity index (χ2v) is 3.33. The van der Waals surface area contributed by atoms with Gasteiger partial charge < -0.3 is 5.73 Å². The number of hydrogen-bond donors (Lipinski definition) is 1. The van der Waals surface area contributed by atoms with Gasteiger partial charge in [0.25, 0.3) is 0 Å². The first-order valence-electron chi connectivity index (χ1n) is 3.36. The topological polar surface area (TPSA) is 55.4 Å². The van der Waals surface area contributed by atoms with E-state index in [0.717, 1.165) is 6.07 Å². The van der Waals surface area contributed by atoms with Crippen molar-refractivity contribution >= 4 is 27.3 Å². The quantitative estimate of drug-likeness (QED) is 0.627. The van der Waals surface area contributed by atoms with Gasteiger partial charge in [-0.25, -0.2) is 0 Å². The fourth-order valence-corrected chi connectivity index (χ4v) is 1.29. The van der Waals surface area contributed by atoms with Gasteiger partial charge >= 0.3 is 6.18 Å². The largest absolute Gasteiger partial charge is 0.416 e. The molecule has 0 radical (unpaired) electrons. The van der Waals surface area contributed by atoms with Crippen LogP contribution in [0.15, 0.2) is 21.8 Å². The summed E-state index contributed by atoms with van der Waals surface area (Å²) < 4.78 is 36.6. The molecule has 0 saturated heterocycles. The fraction of sp³-hybridized carbons (Fsp3) is 0.143. The molecule has 1 aromatic carbocycles. The highest BCUT2D eigenvalue weighted by atomic mass is 79.9. The zero-order chi connectivity index (χ0) is 10.9. The highest BCUT2D eigenvalue weighted by molar-refractivity contribution is 9.10. The van der Waals surface area contributed by atoms with Crippen molar-refractivity contribution in [3.8, 4) is 0 Å². The van der Waals surface area contributed by atoms with Crippen molar-refractivity contribution in [1.29, 1.82) is 0 Å². The molecule has 0 amide bonds. The maximum atomic E-state index is 12.2. The average Bonchev–Trinajstić information content (AvgIpc) is 2.07. The van der Waals surface area contributed by atoms with Crippen LogP contribution in [0.1, 0.15) is 5.56 Å². The Labute approximate surface area is 85.2 Å². The lowest BCUT2D eigenvalue weighted by Crippen LogP contribution is -2.05. The average molecular weight is 269 g/mol. The molecule has 0 aliphatic heterocycles. The van der Waals surface area contributed by atoms with Gasteiger partial charge in [-0.15, -0.1) is 4.91 Å². The van der Waals surface area contributed by atoms with Crippen LogP contribution in [0, 0.1) is 4.91 Å². The number of nitrogens with zero attached hydrogens (tertiary/aromatic N) is 1. The summed E-state index contributed by atoms with van der Waals surface area (Å²) in [5.74, 6) is 0. The number of anilines is 1. The van der Waals surface area contributed by atoms with E-state index in [9.17, 15) is 18.1 Å². The van der Waals surface area contributed by atoms with Gasteiger partial charge in [-0.2, -0.15) is 13.2 Å². The summed E-state index contributed by atoms with van der Waals surface area (Å²) >= 11 is 2.81. The van der Waals surface area contributed by atoms with E-state index < -0.39 is 17.4 Å². The highest BCUT2D eigenvalue weighted by Crippen LogP contribution is 2.38. The van der Waals surface area contributed by atoms with E-state index in [1.54, 1.807) is 0 Å². The van der Waals surface area contributed by atoms with E-state index in [2.05, 4.69) is 21.1 Å². The predicted molar refractivity (Wildman–Crippen MR) is 49.0 cm³/mol. The molecule has 14 heavy (non-hydrogen) atoms. The van der Waals surface area contributed by atoms with Gasteiger partial charge in [0.2, 0.25) is 0 Å². The zero-order valence-corrected chi connectivity index (χ0v) is 8.19.